The van der Waals surface area contributed by atoms with Crippen molar-refractivity contribution in [2.24, 2.45) is 0 Å². The predicted molar refractivity (Wildman–Crippen MR) is 109 cm³/mol. The number of nitrogens with zero attached hydrogens (tertiary/aromatic N) is 1. The molecule has 2 heterocycles. The summed E-state index contributed by atoms with van der Waals surface area (Å²) in [5.74, 6) is -1.07. The number of aliphatic carboxylic acids is 1. The van der Waals surface area contributed by atoms with Gasteiger partial charge in [0.2, 0.25) is 5.91 Å². The van der Waals surface area contributed by atoms with Gasteiger partial charge in [0.1, 0.15) is 5.75 Å². The molecule has 2 amide bonds. The van der Waals surface area contributed by atoms with Crippen LogP contribution in [0.3, 0.4) is 0 Å². The molecule has 158 valence electrons. The van der Waals surface area contributed by atoms with Crippen molar-refractivity contribution in [2.45, 2.75) is 57.2 Å². The molecular weight excluding hydrogens is 398 g/mol. The van der Waals surface area contributed by atoms with E-state index in [0.717, 1.165) is 32.1 Å². The van der Waals surface area contributed by atoms with Crippen LogP contribution in [0.25, 0.3) is 0 Å². The Hall–Kier alpha value is -2.32. The topological polar surface area (TPSA) is 108 Å². The minimum Gasteiger partial charge on any atom is -0.496 e. The summed E-state index contributed by atoms with van der Waals surface area (Å²) in [6.07, 6.45) is 4.40. The fourth-order valence-electron chi connectivity index (χ4n) is 4.46. The van der Waals surface area contributed by atoms with E-state index >= 15 is 0 Å². The molecule has 0 saturated carbocycles. The first-order valence-corrected chi connectivity index (χ1v) is 10.1. The minimum atomic E-state index is -0.817. The van der Waals surface area contributed by atoms with Crippen LogP contribution in [-0.2, 0) is 9.59 Å². The minimum absolute atomic E-state index is 0.0404. The van der Waals surface area contributed by atoms with Gasteiger partial charge >= 0.3 is 5.97 Å². The van der Waals surface area contributed by atoms with Crippen LogP contribution in [0.5, 0.6) is 5.75 Å². The SMILES string of the molecule is COc1cc(NC(C)=O)c(Cl)cc1C(=O)NC1CC2CCCC(C1)N2CC(=O)O. The number of carbonyl (C=O) groups is 3. The summed E-state index contributed by atoms with van der Waals surface area (Å²) in [6, 6.07) is 3.30. The standard InChI is InChI=1S/C20H26ClN3O5/c1-11(25)22-17-9-18(29-2)15(8-16(17)21)20(28)23-12-6-13-4-3-5-14(7-12)24(13)10-19(26)27/h8-9,12-14H,3-7,10H2,1-2H3,(H,22,25)(H,23,28)(H,26,27). The summed E-state index contributed by atoms with van der Waals surface area (Å²) in [4.78, 5) is 37.5. The lowest BCUT2D eigenvalue weighted by Gasteiger charge is -2.48. The van der Waals surface area contributed by atoms with Crippen LogP contribution in [0, 0.1) is 0 Å². The number of hydrogen-bond acceptors (Lipinski definition) is 5. The summed E-state index contributed by atoms with van der Waals surface area (Å²) in [7, 11) is 1.45. The molecule has 0 aromatic heterocycles. The number of carboxylic acid groups (broad SMARTS) is 1. The number of fused-ring (bicyclic) bond motifs is 2. The zero-order valence-corrected chi connectivity index (χ0v) is 17.3. The molecule has 0 radical (unpaired) electrons. The van der Waals surface area contributed by atoms with E-state index in [-0.39, 0.29) is 41.5 Å². The lowest BCUT2D eigenvalue weighted by molar-refractivity contribution is -0.141. The van der Waals surface area contributed by atoms with Crippen molar-refractivity contribution in [3.05, 3.63) is 22.7 Å². The average Bonchev–Trinajstić information content (AvgIpc) is 2.62. The number of piperidine rings is 2. The third-order valence-corrected chi connectivity index (χ3v) is 5.94. The van der Waals surface area contributed by atoms with Crippen molar-refractivity contribution >= 4 is 35.1 Å². The highest BCUT2D eigenvalue weighted by Crippen LogP contribution is 2.35. The maximum atomic E-state index is 12.9. The number of amides is 2. The molecule has 1 aromatic rings. The van der Waals surface area contributed by atoms with E-state index < -0.39 is 5.97 Å². The van der Waals surface area contributed by atoms with E-state index in [9.17, 15) is 19.5 Å². The maximum absolute atomic E-state index is 12.9. The Balaban J connectivity index is 1.73. The fourth-order valence-corrected chi connectivity index (χ4v) is 4.67. The predicted octanol–water partition coefficient (Wildman–Crippen LogP) is 2.51. The van der Waals surface area contributed by atoms with Gasteiger partial charge in [-0.3, -0.25) is 19.3 Å². The van der Waals surface area contributed by atoms with Crippen LogP contribution in [0.15, 0.2) is 12.1 Å². The first kappa shape index (κ1) is 21.4. The molecule has 0 aliphatic carbocycles. The van der Waals surface area contributed by atoms with Gasteiger partial charge in [-0.15, -0.1) is 0 Å². The molecule has 2 unspecified atom stereocenters. The number of carboxylic acids is 1. The average molecular weight is 424 g/mol. The van der Waals surface area contributed by atoms with Crippen LogP contribution in [-0.4, -0.2) is 59.6 Å². The molecule has 2 aliphatic rings. The zero-order chi connectivity index (χ0) is 21.1. The van der Waals surface area contributed by atoms with Crippen molar-refractivity contribution in [1.82, 2.24) is 10.2 Å². The monoisotopic (exact) mass is 423 g/mol. The van der Waals surface area contributed by atoms with Gasteiger partial charge in [0.15, 0.2) is 0 Å². The van der Waals surface area contributed by atoms with Crippen molar-refractivity contribution in [1.29, 1.82) is 0 Å². The van der Waals surface area contributed by atoms with Crippen molar-refractivity contribution in [2.75, 3.05) is 19.0 Å². The van der Waals surface area contributed by atoms with Crippen LogP contribution in [0.4, 0.5) is 5.69 Å². The molecular formula is C20H26ClN3O5. The van der Waals surface area contributed by atoms with Crippen LogP contribution >= 0.6 is 11.6 Å². The fraction of sp³-hybridized carbons (Fsp3) is 0.550. The van der Waals surface area contributed by atoms with Crippen molar-refractivity contribution < 1.29 is 24.2 Å². The number of methoxy groups -OCH3 is 1. The van der Waals surface area contributed by atoms with Gasteiger partial charge in [-0.25, -0.2) is 0 Å². The Morgan fingerprint density at radius 2 is 1.90 bits per heavy atom. The quantitative estimate of drug-likeness (QED) is 0.648. The van der Waals surface area contributed by atoms with Crippen molar-refractivity contribution in [3.8, 4) is 5.75 Å². The van der Waals surface area contributed by atoms with Gasteiger partial charge in [-0.1, -0.05) is 18.0 Å². The smallest absolute Gasteiger partial charge is 0.317 e. The molecule has 3 rings (SSSR count). The van der Waals surface area contributed by atoms with Gasteiger partial charge in [-0.2, -0.15) is 0 Å². The number of benzene rings is 1. The number of nitrogens with one attached hydrogen (secondary N) is 2. The Bertz CT molecular complexity index is 802. The molecule has 3 N–H and O–H groups in total. The van der Waals surface area contributed by atoms with Crippen molar-refractivity contribution in [3.63, 3.8) is 0 Å². The molecule has 2 atom stereocenters. The van der Waals surface area contributed by atoms with Gasteiger partial charge in [-0.05, 0) is 31.7 Å². The maximum Gasteiger partial charge on any atom is 0.317 e. The first-order chi connectivity index (χ1) is 13.8. The van der Waals surface area contributed by atoms with E-state index in [0.29, 0.717) is 17.0 Å². The molecule has 8 nitrogen and oxygen atoms in total. The largest absolute Gasteiger partial charge is 0.496 e. The summed E-state index contributed by atoms with van der Waals surface area (Å²) in [5, 5.41) is 15.1. The van der Waals surface area contributed by atoms with E-state index in [4.69, 9.17) is 16.3 Å². The lowest BCUT2D eigenvalue weighted by atomic mass is 9.81. The van der Waals surface area contributed by atoms with Gasteiger partial charge in [0, 0.05) is 31.1 Å². The van der Waals surface area contributed by atoms with Gasteiger partial charge < -0.3 is 20.5 Å². The second-order valence-electron chi connectivity index (χ2n) is 7.66. The van der Waals surface area contributed by atoms with E-state index in [1.807, 2.05) is 0 Å². The zero-order valence-electron chi connectivity index (χ0n) is 16.5. The van der Waals surface area contributed by atoms with E-state index in [1.165, 1.54) is 26.2 Å². The van der Waals surface area contributed by atoms with Gasteiger partial charge in [0.25, 0.3) is 5.91 Å². The third kappa shape index (κ3) is 5.00. The Morgan fingerprint density at radius 1 is 1.24 bits per heavy atom. The summed E-state index contributed by atoms with van der Waals surface area (Å²) in [5.41, 5.74) is 0.675. The molecule has 2 bridgehead atoms. The molecule has 1 aromatic carbocycles. The molecule has 2 saturated heterocycles. The van der Waals surface area contributed by atoms with Crippen LogP contribution in [0.2, 0.25) is 5.02 Å². The molecule has 9 heteroatoms. The summed E-state index contributed by atoms with van der Waals surface area (Å²) in [6.45, 7) is 1.42. The normalized spacial score (nSPS) is 23.9. The highest BCUT2D eigenvalue weighted by Gasteiger charge is 2.39. The number of hydrogen-bond donors (Lipinski definition) is 3. The highest BCUT2D eigenvalue weighted by atomic mass is 35.5. The second-order valence-corrected chi connectivity index (χ2v) is 8.07. The molecule has 2 fully saturated rings. The number of rotatable bonds is 6. The van der Waals surface area contributed by atoms with Crippen LogP contribution < -0.4 is 15.4 Å². The van der Waals surface area contributed by atoms with E-state index in [2.05, 4.69) is 15.5 Å². The summed E-state index contributed by atoms with van der Waals surface area (Å²) >= 11 is 6.22. The Labute approximate surface area is 174 Å². The second kappa shape index (κ2) is 9.00. The number of anilines is 1. The number of carbonyl (C=O) groups excluding carboxylic acids is 2. The number of ether oxygens (including phenoxy) is 1. The number of halogens is 1. The van der Waals surface area contributed by atoms with E-state index in [1.54, 1.807) is 0 Å². The van der Waals surface area contributed by atoms with Gasteiger partial charge in [0.05, 0.1) is 29.9 Å². The third-order valence-electron chi connectivity index (χ3n) is 5.62. The molecule has 2 aliphatic heterocycles. The molecule has 29 heavy (non-hydrogen) atoms. The Morgan fingerprint density at radius 3 is 2.45 bits per heavy atom. The lowest BCUT2D eigenvalue weighted by Crippen LogP contribution is -2.58. The highest BCUT2D eigenvalue weighted by molar-refractivity contribution is 6.34. The summed E-state index contributed by atoms with van der Waals surface area (Å²) < 4.78 is 5.32. The van der Waals surface area contributed by atoms with Crippen LogP contribution in [0.1, 0.15) is 49.4 Å². The molecule has 0 spiro atoms. The first-order valence-electron chi connectivity index (χ1n) is 9.72. The Kier molecular flexibility index (Phi) is 6.64.